The second-order valence-electron chi connectivity index (χ2n) is 3.54. The van der Waals surface area contributed by atoms with Crippen LogP contribution in [0.3, 0.4) is 0 Å². The molecule has 0 radical (unpaired) electrons. The Bertz CT molecular complexity index is 562. The molecule has 1 aromatic rings. The smallest absolute Gasteiger partial charge is 0.481 e. The first-order valence-corrected chi connectivity index (χ1v) is 4.97. The van der Waals surface area contributed by atoms with E-state index in [1.54, 1.807) is 0 Å². The molecule has 20 heavy (non-hydrogen) atoms. The molecule has 0 spiro atoms. The van der Waals surface area contributed by atoms with Crippen molar-refractivity contribution < 1.29 is 36.6 Å². The molecule has 0 aromatic heterocycles. The summed E-state index contributed by atoms with van der Waals surface area (Å²) in [5, 5.41) is 17.3. The number of aliphatic carboxylic acids is 1. The molecule has 9 heteroatoms. The summed E-state index contributed by atoms with van der Waals surface area (Å²) in [6.45, 7) is 0. The summed E-state index contributed by atoms with van der Waals surface area (Å²) in [5.41, 5.74) is -2.42. The molecule has 0 bridgehead atoms. The highest BCUT2D eigenvalue weighted by molar-refractivity contribution is 5.72. The van der Waals surface area contributed by atoms with Crippen molar-refractivity contribution in [2.24, 2.45) is 0 Å². The molecule has 0 unspecified atom stereocenters. The minimum Gasteiger partial charge on any atom is -0.481 e. The van der Waals surface area contributed by atoms with Crippen LogP contribution in [0, 0.1) is 11.3 Å². The van der Waals surface area contributed by atoms with Crippen molar-refractivity contribution in [3.8, 4) is 11.8 Å². The van der Waals surface area contributed by atoms with Crippen molar-refractivity contribution in [3.05, 3.63) is 28.8 Å². The standard InChI is InChI=1S/C11H6F5NO3/c12-10(13)9-6(4-17)5(3-8(18)19)1-2-7(9)20-11(14,15)16/h1-2,10H,3H2,(H,18,19). The average Bonchev–Trinajstić information content (AvgIpc) is 2.27. The van der Waals surface area contributed by atoms with Gasteiger partial charge in [0.25, 0.3) is 6.43 Å². The van der Waals surface area contributed by atoms with Crippen LogP contribution in [0.1, 0.15) is 23.1 Å². The fourth-order valence-corrected chi connectivity index (χ4v) is 1.52. The van der Waals surface area contributed by atoms with Crippen molar-refractivity contribution in [2.75, 3.05) is 0 Å². The molecule has 0 saturated heterocycles. The topological polar surface area (TPSA) is 70.3 Å². The van der Waals surface area contributed by atoms with E-state index in [0.717, 1.165) is 6.07 Å². The summed E-state index contributed by atoms with van der Waals surface area (Å²) in [4.78, 5) is 10.5. The minimum atomic E-state index is -5.20. The third kappa shape index (κ3) is 3.81. The predicted octanol–water partition coefficient (Wildman–Crippen LogP) is 3.02. The van der Waals surface area contributed by atoms with Gasteiger partial charge in [0, 0.05) is 0 Å². The lowest BCUT2D eigenvalue weighted by atomic mass is 9.99. The van der Waals surface area contributed by atoms with Crippen LogP contribution in [0.25, 0.3) is 0 Å². The summed E-state index contributed by atoms with van der Waals surface area (Å²) >= 11 is 0. The fraction of sp³-hybridized carbons (Fsp3) is 0.273. The third-order valence-electron chi connectivity index (χ3n) is 2.19. The van der Waals surface area contributed by atoms with Crippen molar-refractivity contribution in [2.45, 2.75) is 19.2 Å². The summed E-state index contributed by atoms with van der Waals surface area (Å²) in [5.74, 6) is -2.63. The van der Waals surface area contributed by atoms with E-state index < -0.39 is 42.1 Å². The fourth-order valence-electron chi connectivity index (χ4n) is 1.52. The van der Waals surface area contributed by atoms with Crippen LogP contribution in [-0.2, 0) is 11.2 Å². The number of benzene rings is 1. The van der Waals surface area contributed by atoms with E-state index in [0.29, 0.717) is 6.07 Å². The second kappa shape index (κ2) is 5.73. The molecule has 0 aliphatic rings. The first-order valence-electron chi connectivity index (χ1n) is 4.97. The number of carboxylic acids is 1. The monoisotopic (exact) mass is 295 g/mol. The lowest BCUT2D eigenvalue weighted by Gasteiger charge is -2.15. The highest BCUT2D eigenvalue weighted by Crippen LogP contribution is 2.36. The summed E-state index contributed by atoms with van der Waals surface area (Å²) in [6.07, 6.45) is -9.39. The summed E-state index contributed by atoms with van der Waals surface area (Å²) in [6, 6.07) is 2.68. The Morgan fingerprint density at radius 2 is 2.00 bits per heavy atom. The van der Waals surface area contributed by atoms with Crippen LogP contribution in [0.4, 0.5) is 22.0 Å². The molecule has 0 aliphatic carbocycles. The number of rotatable bonds is 4. The molecule has 1 aromatic carbocycles. The van der Waals surface area contributed by atoms with Crippen molar-refractivity contribution in [1.82, 2.24) is 0 Å². The van der Waals surface area contributed by atoms with Crippen LogP contribution in [0.15, 0.2) is 12.1 Å². The van der Waals surface area contributed by atoms with Gasteiger partial charge in [-0.15, -0.1) is 13.2 Å². The Labute approximate surface area is 109 Å². The Kier molecular flexibility index (Phi) is 4.49. The Hall–Kier alpha value is -2.37. The molecular formula is C11H6F5NO3. The molecule has 0 saturated carbocycles. The van der Waals surface area contributed by atoms with Gasteiger partial charge in [0.15, 0.2) is 0 Å². The Balaban J connectivity index is 3.43. The largest absolute Gasteiger partial charge is 0.573 e. The second-order valence-corrected chi connectivity index (χ2v) is 3.54. The van der Waals surface area contributed by atoms with Gasteiger partial charge in [-0.25, -0.2) is 8.78 Å². The van der Waals surface area contributed by atoms with Crippen LogP contribution in [-0.4, -0.2) is 17.4 Å². The van der Waals surface area contributed by atoms with E-state index in [4.69, 9.17) is 10.4 Å². The van der Waals surface area contributed by atoms with E-state index in [2.05, 4.69) is 4.74 Å². The average molecular weight is 295 g/mol. The van der Waals surface area contributed by atoms with Gasteiger partial charge in [0.1, 0.15) is 11.8 Å². The number of halogens is 5. The van der Waals surface area contributed by atoms with Gasteiger partial charge in [-0.05, 0) is 11.6 Å². The zero-order chi connectivity index (χ0) is 15.5. The number of carboxylic acid groups (broad SMARTS) is 1. The SMILES string of the molecule is N#Cc1c(CC(=O)O)ccc(OC(F)(F)F)c1C(F)F. The lowest BCUT2D eigenvalue weighted by molar-refractivity contribution is -0.275. The van der Waals surface area contributed by atoms with Crippen LogP contribution in [0.5, 0.6) is 5.75 Å². The van der Waals surface area contributed by atoms with Crippen molar-refractivity contribution >= 4 is 5.97 Å². The lowest BCUT2D eigenvalue weighted by Crippen LogP contribution is -2.19. The number of ether oxygens (including phenoxy) is 1. The summed E-state index contributed by atoms with van der Waals surface area (Å²) in [7, 11) is 0. The zero-order valence-electron chi connectivity index (χ0n) is 9.54. The van der Waals surface area contributed by atoms with Gasteiger partial charge < -0.3 is 9.84 Å². The first-order chi connectivity index (χ1) is 9.15. The molecule has 108 valence electrons. The van der Waals surface area contributed by atoms with Gasteiger partial charge in [0.05, 0.1) is 17.5 Å². The molecule has 0 atom stereocenters. The quantitative estimate of drug-likeness (QED) is 0.867. The van der Waals surface area contributed by atoms with Gasteiger partial charge >= 0.3 is 12.3 Å². The maximum Gasteiger partial charge on any atom is 0.573 e. The predicted molar refractivity (Wildman–Crippen MR) is 54.1 cm³/mol. The number of carbonyl (C=O) groups is 1. The maximum atomic E-state index is 12.8. The minimum absolute atomic E-state index is 0.315. The molecular weight excluding hydrogens is 289 g/mol. The maximum absolute atomic E-state index is 12.8. The van der Waals surface area contributed by atoms with Crippen molar-refractivity contribution in [3.63, 3.8) is 0 Å². The molecule has 1 N–H and O–H groups in total. The molecule has 4 nitrogen and oxygen atoms in total. The van der Waals surface area contributed by atoms with Gasteiger partial charge in [0.2, 0.25) is 0 Å². The van der Waals surface area contributed by atoms with E-state index in [9.17, 15) is 26.7 Å². The van der Waals surface area contributed by atoms with E-state index in [1.165, 1.54) is 6.07 Å². The van der Waals surface area contributed by atoms with Gasteiger partial charge in [-0.1, -0.05) is 6.07 Å². The molecule has 0 aliphatic heterocycles. The Morgan fingerprint density at radius 1 is 1.40 bits per heavy atom. The first kappa shape index (κ1) is 15.7. The highest BCUT2D eigenvalue weighted by Gasteiger charge is 2.34. The Morgan fingerprint density at radius 3 is 2.40 bits per heavy atom. The number of nitriles is 1. The zero-order valence-corrected chi connectivity index (χ0v) is 9.54. The molecule has 0 amide bonds. The number of hydrogen-bond donors (Lipinski definition) is 1. The van der Waals surface area contributed by atoms with Crippen LogP contribution in [0.2, 0.25) is 0 Å². The molecule has 0 fully saturated rings. The highest BCUT2D eigenvalue weighted by atomic mass is 19.4. The normalized spacial score (nSPS) is 11.2. The number of alkyl halides is 5. The van der Waals surface area contributed by atoms with Crippen LogP contribution < -0.4 is 4.74 Å². The molecule has 1 rings (SSSR count). The van der Waals surface area contributed by atoms with E-state index in [1.807, 2.05) is 0 Å². The number of nitrogens with zero attached hydrogens (tertiary/aromatic N) is 1. The molecule has 0 heterocycles. The number of hydrogen-bond acceptors (Lipinski definition) is 3. The van der Waals surface area contributed by atoms with Crippen LogP contribution >= 0.6 is 0 Å². The van der Waals surface area contributed by atoms with Gasteiger partial charge in [-0.2, -0.15) is 5.26 Å². The van der Waals surface area contributed by atoms with Gasteiger partial charge in [-0.3, -0.25) is 4.79 Å². The van der Waals surface area contributed by atoms with E-state index in [-0.39, 0.29) is 5.56 Å². The van der Waals surface area contributed by atoms with Crippen molar-refractivity contribution in [1.29, 1.82) is 5.26 Å². The summed E-state index contributed by atoms with van der Waals surface area (Å²) < 4.78 is 65.3. The van der Waals surface area contributed by atoms with E-state index >= 15 is 0 Å². The third-order valence-corrected chi connectivity index (χ3v) is 2.19.